The number of likely N-dealkylation sites (N-methyl/N-ethyl adjacent to an activating group) is 2. The average Bonchev–Trinajstić information content (AvgIpc) is 3.73. The van der Waals surface area contributed by atoms with Crippen molar-refractivity contribution < 1.29 is 58.7 Å². The predicted octanol–water partition coefficient (Wildman–Crippen LogP) is 2.49. The van der Waals surface area contributed by atoms with Crippen LogP contribution in [0.5, 0.6) is 0 Å². The molecule has 0 radical (unpaired) electrons. The van der Waals surface area contributed by atoms with E-state index in [0.29, 0.717) is 25.9 Å². The van der Waals surface area contributed by atoms with Crippen molar-refractivity contribution in [2.24, 2.45) is 17.8 Å². The van der Waals surface area contributed by atoms with Crippen LogP contribution >= 0.6 is 0 Å². The first-order valence-corrected chi connectivity index (χ1v) is 23.0. The highest BCUT2D eigenvalue weighted by atomic mass is 16.7. The molecule has 3 fully saturated rings. The standard InChI is InChI=1S/C46H78N6O12/c1-14-35-46(10,58)39(54)30(6)51(12)24-26(2)22-44(8,57)41(28(4)38(29(5)42(56)62-35)63-36-23-45(9,59-13)40(55)31(7)61-36)64-43-37(53)34(21-27(3)60-43)50(11)20-17-32-25-52(49-48-32)33-15-18-47-19-16-33/h15-16,18-19,25-31,34-41,43,53-55,57-58H,14,17,20-24H2,1-13H3/t26-,27-,28+,29-,30-,31+,34+,35-,36+,37-,38+,39-,40+,41-,43+,44-,45-,46-/m1/s1. The smallest absolute Gasteiger partial charge is 0.311 e. The number of aliphatic hydroxyl groups is 5. The van der Waals surface area contributed by atoms with Gasteiger partial charge in [-0.15, -0.1) is 5.10 Å². The van der Waals surface area contributed by atoms with Gasteiger partial charge in [0.05, 0.1) is 59.1 Å². The highest BCUT2D eigenvalue weighted by Crippen LogP contribution is 2.40. The minimum absolute atomic E-state index is 0.109. The summed E-state index contributed by atoms with van der Waals surface area (Å²) in [5.41, 5.74) is -2.88. The lowest BCUT2D eigenvalue weighted by atomic mass is 9.77. The van der Waals surface area contributed by atoms with Gasteiger partial charge in [-0.05, 0) is 99.9 Å². The van der Waals surface area contributed by atoms with Crippen molar-refractivity contribution in [3.8, 4) is 5.69 Å². The van der Waals surface area contributed by atoms with Crippen LogP contribution in [0.25, 0.3) is 5.69 Å². The van der Waals surface area contributed by atoms with Gasteiger partial charge in [-0.25, -0.2) is 4.68 Å². The Bertz CT molecular complexity index is 1770. The SMILES string of the molecule is CC[C@H]1OC(=O)[C@H](C)[C@@H](O[C@H]2C[C@@](C)(OC)[C@@H](O)[C@H](C)O2)[C@H](C)[C@@H](O[C@@H]2O[C@H](C)C[C@H](N(C)CCc3cn(-c4ccncc4)nn3)[C@H]2O)[C@](C)(O)C[C@@H](C)CN(C)[C@H](C)[C@@H](O)[C@]1(C)O. The van der Waals surface area contributed by atoms with Gasteiger partial charge >= 0.3 is 5.97 Å². The van der Waals surface area contributed by atoms with E-state index in [9.17, 15) is 30.3 Å². The van der Waals surface area contributed by atoms with E-state index in [1.165, 1.54) is 14.0 Å². The van der Waals surface area contributed by atoms with Crippen LogP contribution in [0.4, 0.5) is 0 Å². The fourth-order valence-corrected chi connectivity index (χ4v) is 10.2. The molecule has 18 nitrogen and oxygen atoms in total. The molecule has 0 amide bonds. The molecular weight excluding hydrogens is 829 g/mol. The lowest BCUT2D eigenvalue weighted by molar-refractivity contribution is -0.318. The van der Waals surface area contributed by atoms with Crippen molar-refractivity contribution in [1.82, 2.24) is 29.8 Å². The minimum atomic E-state index is -1.83. The Hall–Kier alpha value is -2.72. The van der Waals surface area contributed by atoms with E-state index in [0.717, 1.165) is 11.4 Å². The lowest BCUT2D eigenvalue weighted by Crippen LogP contribution is -2.61. The minimum Gasteiger partial charge on any atom is -0.459 e. The number of aliphatic hydroxyl groups excluding tert-OH is 3. The number of pyridine rings is 1. The maximum Gasteiger partial charge on any atom is 0.311 e. The largest absolute Gasteiger partial charge is 0.459 e. The molecule has 18 heteroatoms. The molecule has 0 aliphatic carbocycles. The number of methoxy groups -OCH3 is 1. The number of carbonyl (C=O) groups is 1. The molecule has 5 heterocycles. The van der Waals surface area contributed by atoms with E-state index in [1.807, 2.05) is 58.1 Å². The molecule has 3 saturated heterocycles. The summed E-state index contributed by atoms with van der Waals surface area (Å²) in [6, 6.07) is 2.73. The molecule has 3 aliphatic heterocycles. The molecule has 64 heavy (non-hydrogen) atoms. The molecule has 0 unspecified atom stereocenters. The number of aromatic nitrogens is 4. The van der Waals surface area contributed by atoms with Gasteiger partial charge < -0.3 is 63.8 Å². The molecular formula is C46H78N6O12. The third kappa shape index (κ3) is 11.9. The number of rotatable bonds is 11. The Morgan fingerprint density at radius 1 is 0.969 bits per heavy atom. The fourth-order valence-electron chi connectivity index (χ4n) is 10.2. The highest BCUT2D eigenvalue weighted by Gasteiger charge is 2.53. The number of esters is 1. The molecule has 3 aliphatic rings. The Morgan fingerprint density at radius 2 is 1.64 bits per heavy atom. The molecule has 364 valence electrons. The van der Waals surface area contributed by atoms with Crippen LogP contribution in [0.2, 0.25) is 0 Å². The average molecular weight is 907 g/mol. The monoisotopic (exact) mass is 907 g/mol. The Balaban J connectivity index is 1.49. The summed E-state index contributed by atoms with van der Waals surface area (Å²) in [6.07, 6.45) is -3.07. The predicted molar refractivity (Wildman–Crippen MR) is 236 cm³/mol. The zero-order valence-electron chi connectivity index (χ0n) is 40.3. The number of cyclic esters (lactones) is 1. The van der Waals surface area contributed by atoms with Crippen LogP contribution < -0.4 is 0 Å². The van der Waals surface area contributed by atoms with E-state index in [4.69, 9.17) is 28.4 Å². The summed E-state index contributed by atoms with van der Waals surface area (Å²) in [4.78, 5) is 22.5. The first-order valence-electron chi connectivity index (χ1n) is 23.0. The van der Waals surface area contributed by atoms with Gasteiger partial charge in [0, 0.05) is 63.4 Å². The van der Waals surface area contributed by atoms with Crippen LogP contribution in [0.15, 0.2) is 30.7 Å². The van der Waals surface area contributed by atoms with Gasteiger partial charge in [0.15, 0.2) is 12.6 Å². The summed E-state index contributed by atoms with van der Waals surface area (Å²) in [7, 11) is 5.28. The van der Waals surface area contributed by atoms with Gasteiger partial charge in [0.25, 0.3) is 0 Å². The quantitative estimate of drug-likeness (QED) is 0.204. The number of hydrogen-bond donors (Lipinski definition) is 5. The second-order valence-corrected chi connectivity index (χ2v) is 19.8. The molecule has 5 N–H and O–H groups in total. The fraction of sp³-hybridized carbons (Fsp3) is 0.826. The van der Waals surface area contributed by atoms with Gasteiger partial charge in [-0.1, -0.05) is 26.0 Å². The second kappa shape index (κ2) is 21.5. The van der Waals surface area contributed by atoms with Crippen LogP contribution in [-0.2, 0) is 39.6 Å². The van der Waals surface area contributed by atoms with Crippen LogP contribution in [-0.4, -0.2) is 186 Å². The van der Waals surface area contributed by atoms with E-state index in [2.05, 4.69) is 20.2 Å². The second-order valence-electron chi connectivity index (χ2n) is 19.8. The normalized spacial score (nSPS) is 42.5. The van der Waals surface area contributed by atoms with E-state index in [1.54, 1.807) is 58.6 Å². The zero-order valence-corrected chi connectivity index (χ0v) is 40.3. The third-order valence-electron chi connectivity index (χ3n) is 14.3. The number of nitrogens with zero attached hydrogens (tertiary/aromatic N) is 6. The van der Waals surface area contributed by atoms with Gasteiger partial charge in [-0.3, -0.25) is 9.78 Å². The number of carbonyl (C=O) groups excluding carboxylic acids is 1. The molecule has 0 bridgehead atoms. The maximum absolute atomic E-state index is 14.4. The van der Waals surface area contributed by atoms with Crippen molar-refractivity contribution in [2.45, 2.75) is 192 Å². The molecule has 2 aromatic heterocycles. The Labute approximate surface area is 379 Å². The van der Waals surface area contributed by atoms with Crippen LogP contribution in [0.3, 0.4) is 0 Å². The van der Waals surface area contributed by atoms with Gasteiger partial charge in [0.2, 0.25) is 0 Å². The molecule has 18 atom stereocenters. The molecule has 0 saturated carbocycles. The third-order valence-corrected chi connectivity index (χ3v) is 14.3. The summed E-state index contributed by atoms with van der Waals surface area (Å²) >= 11 is 0. The van der Waals surface area contributed by atoms with Gasteiger partial charge in [0.1, 0.15) is 30.0 Å². The molecule has 2 aromatic rings. The molecule has 0 aromatic carbocycles. The summed E-state index contributed by atoms with van der Waals surface area (Å²) in [6.45, 7) is 18.6. The topological polar surface area (TPSA) is 224 Å². The van der Waals surface area contributed by atoms with Crippen LogP contribution in [0, 0.1) is 17.8 Å². The Kier molecular flexibility index (Phi) is 17.5. The number of ether oxygens (including phenoxy) is 6. The highest BCUT2D eigenvalue weighted by molar-refractivity contribution is 5.73. The lowest BCUT2D eigenvalue weighted by Gasteiger charge is -2.49. The first-order chi connectivity index (χ1) is 29.9. The van der Waals surface area contributed by atoms with E-state index in [-0.39, 0.29) is 31.3 Å². The van der Waals surface area contributed by atoms with E-state index < -0.39 is 102 Å². The Morgan fingerprint density at radius 3 is 2.28 bits per heavy atom. The number of hydrogen-bond acceptors (Lipinski definition) is 17. The van der Waals surface area contributed by atoms with Crippen molar-refractivity contribution in [2.75, 3.05) is 34.3 Å². The zero-order chi connectivity index (χ0) is 47.5. The van der Waals surface area contributed by atoms with Crippen molar-refractivity contribution >= 4 is 5.97 Å². The summed E-state index contributed by atoms with van der Waals surface area (Å²) in [5, 5.41) is 68.0. The molecule has 0 spiro atoms. The summed E-state index contributed by atoms with van der Waals surface area (Å²) in [5.74, 6) is -2.74. The van der Waals surface area contributed by atoms with Gasteiger partial charge in [-0.2, -0.15) is 0 Å². The van der Waals surface area contributed by atoms with E-state index >= 15 is 0 Å². The van der Waals surface area contributed by atoms with Crippen molar-refractivity contribution in [3.05, 3.63) is 36.4 Å². The first kappa shape index (κ1) is 52.3. The summed E-state index contributed by atoms with van der Waals surface area (Å²) < 4.78 is 39.9. The van der Waals surface area contributed by atoms with Crippen molar-refractivity contribution in [1.29, 1.82) is 0 Å². The maximum atomic E-state index is 14.4. The van der Waals surface area contributed by atoms with Crippen molar-refractivity contribution in [3.63, 3.8) is 0 Å². The molecule has 5 rings (SSSR count). The van der Waals surface area contributed by atoms with Crippen LogP contribution in [0.1, 0.15) is 101 Å².